The van der Waals surface area contributed by atoms with Crippen LogP contribution in [0.1, 0.15) is 18.4 Å². The van der Waals surface area contributed by atoms with Gasteiger partial charge in [0.15, 0.2) is 0 Å². The van der Waals surface area contributed by atoms with Crippen LogP contribution < -0.4 is 10.6 Å². The Labute approximate surface area is 168 Å². The maximum atomic E-state index is 12.8. The number of carbonyl (C=O) groups excluding carboxylic acids is 1. The summed E-state index contributed by atoms with van der Waals surface area (Å²) in [5.74, 6) is 0.225. The van der Waals surface area contributed by atoms with Gasteiger partial charge >= 0.3 is 0 Å². The van der Waals surface area contributed by atoms with E-state index in [1.54, 1.807) is 0 Å². The zero-order chi connectivity index (χ0) is 19.6. The van der Waals surface area contributed by atoms with E-state index in [1.807, 2.05) is 23.1 Å². The lowest BCUT2D eigenvalue weighted by Gasteiger charge is -2.36. The summed E-state index contributed by atoms with van der Waals surface area (Å²) in [4.78, 5) is 19.6. The summed E-state index contributed by atoms with van der Waals surface area (Å²) in [5, 5.41) is 0. The lowest BCUT2D eigenvalue weighted by molar-refractivity contribution is -0.132. The van der Waals surface area contributed by atoms with Gasteiger partial charge in [-0.25, -0.2) is 0 Å². The van der Waals surface area contributed by atoms with Gasteiger partial charge in [0.05, 0.1) is 0 Å². The zero-order valence-electron chi connectivity index (χ0n) is 16.7. The van der Waals surface area contributed by atoms with Gasteiger partial charge in [-0.1, -0.05) is 48.5 Å². The summed E-state index contributed by atoms with van der Waals surface area (Å²) in [5.41, 5.74) is 8.13. The van der Waals surface area contributed by atoms with E-state index in [4.69, 9.17) is 5.73 Å². The second-order valence-corrected chi connectivity index (χ2v) is 7.36. The molecule has 0 spiro atoms. The second kappa shape index (κ2) is 10.8. The largest absolute Gasteiger partial charge is 0.369 e. The number of rotatable bonds is 9. The van der Waals surface area contributed by atoms with Crippen LogP contribution in [0.4, 0.5) is 5.69 Å². The molecular formula is C23H32N4O. The SMILES string of the molecule is NCCCN(Cc1ccccc1)C(=O)CCN1CCN(c2ccccc2)CC1. The van der Waals surface area contributed by atoms with Crippen molar-refractivity contribution < 1.29 is 4.79 Å². The molecule has 0 atom stereocenters. The molecule has 150 valence electrons. The van der Waals surface area contributed by atoms with Gasteiger partial charge < -0.3 is 15.5 Å². The van der Waals surface area contributed by atoms with Crippen LogP contribution >= 0.6 is 0 Å². The molecule has 2 aromatic carbocycles. The van der Waals surface area contributed by atoms with Crippen LogP contribution in [0.2, 0.25) is 0 Å². The Kier molecular flexibility index (Phi) is 7.88. The summed E-state index contributed by atoms with van der Waals surface area (Å²) in [6.07, 6.45) is 1.41. The molecule has 1 saturated heterocycles. The summed E-state index contributed by atoms with van der Waals surface area (Å²) in [7, 11) is 0. The molecule has 0 radical (unpaired) electrons. The van der Waals surface area contributed by atoms with E-state index in [1.165, 1.54) is 11.3 Å². The van der Waals surface area contributed by atoms with Gasteiger partial charge in [-0.2, -0.15) is 0 Å². The first-order valence-electron chi connectivity index (χ1n) is 10.3. The quantitative estimate of drug-likeness (QED) is 0.726. The minimum atomic E-state index is 0.225. The monoisotopic (exact) mass is 380 g/mol. The van der Waals surface area contributed by atoms with Crippen molar-refractivity contribution in [3.8, 4) is 0 Å². The smallest absolute Gasteiger partial charge is 0.224 e. The Morgan fingerprint density at radius 1 is 0.929 bits per heavy atom. The van der Waals surface area contributed by atoms with Crippen molar-refractivity contribution >= 4 is 11.6 Å². The lowest BCUT2D eigenvalue weighted by Crippen LogP contribution is -2.47. The molecule has 2 aromatic rings. The highest BCUT2D eigenvalue weighted by Gasteiger charge is 2.19. The minimum Gasteiger partial charge on any atom is -0.369 e. The number of benzene rings is 2. The normalized spacial score (nSPS) is 14.8. The molecule has 1 aliphatic rings. The molecule has 3 rings (SSSR count). The number of hydrogen-bond acceptors (Lipinski definition) is 4. The van der Waals surface area contributed by atoms with Crippen molar-refractivity contribution in [3.05, 3.63) is 66.2 Å². The molecule has 28 heavy (non-hydrogen) atoms. The number of para-hydroxylation sites is 1. The van der Waals surface area contributed by atoms with Gasteiger partial charge in [-0.15, -0.1) is 0 Å². The molecule has 0 aliphatic carbocycles. The van der Waals surface area contributed by atoms with E-state index in [0.29, 0.717) is 19.5 Å². The third kappa shape index (κ3) is 6.08. The van der Waals surface area contributed by atoms with E-state index in [0.717, 1.165) is 45.7 Å². The third-order valence-electron chi connectivity index (χ3n) is 5.34. The van der Waals surface area contributed by atoms with E-state index in [2.05, 4.69) is 52.3 Å². The number of nitrogens with zero attached hydrogens (tertiary/aromatic N) is 3. The van der Waals surface area contributed by atoms with Crippen molar-refractivity contribution in [3.63, 3.8) is 0 Å². The predicted molar refractivity (Wildman–Crippen MR) is 115 cm³/mol. The summed E-state index contributed by atoms with van der Waals surface area (Å²) in [6, 6.07) is 20.8. The number of piperazine rings is 1. The van der Waals surface area contributed by atoms with Gasteiger partial charge in [-0.3, -0.25) is 9.69 Å². The van der Waals surface area contributed by atoms with Crippen molar-refractivity contribution in [1.29, 1.82) is 0 Å². The predicted octanol–water partition coefficient (Wildman–Crippen LogP) is 2.58. The zero-order valence-corrected chi connectivity index (χ0v) is 16.7. The molecule has 0 saturated carbocycles. The van der Waals surface area contributed by atoms with E-state index in [9.17, 15) is 4.79 Å². The molecule has 5 nitrogen and oxygen atoms in total. The second-order valence-electron chi connectivity index (χ2n) is 7.36. The van der Waals surface area contributed by atoms with Crippen molar-refractivity contribution in [2.45, 2.75) is 19.4 Å². The fraction of sp³-hybridized carbons (Fsp3) is 0.435. The van der Waals surface area contributed by atoms with Crippen LogP contribution in [0.25, 0.3) is 0 Å². The van der Waals surface area contributed by atoms with Crippen molar-refractivity contribution in [2.75, 3.05) is 50.7 Å². The number of nitrogens with two attached hydrogens (primary N) is 1. The Bertz CT molecular complexity index is 699. The fourth-order valence-corrected chi connectivity index (χ4v) is 3.66. The lowest BCUT2D eigenvalue weighted by atomic mass is 10.2. The van der Waals surface area contributed by atoms with E-state index < -0.39 is 0 Å². The number of amides is 1. The van der Waals surface area contributed by atoms with Crippen LogP contribution in [0, 0.1) is 0 Å². The third-order valence-corrected chi connectivity index (χ3v) is 5.34. The van der Waals surface area contributed by atoms with Crippen LogP contribution in [0.15, 0.2) is 60.7 Å². The molecule has 0 aromatic heterocycles. The number of carbonyl (C=O) groups is 1. The molecule has 0 unspecified atom stereocenters. The summed E-state index contributed by atoms with van der Waals surface area (Å²) in [6.45, 7) is 6.87. The van der Waals surface area contributed by atoms with Gasteiger partial charge in [0.2, 0.25) is 5.91 Å². The molecule has 0 bridgehead atoms. The van der Waals surface area contributed by atoms with Crippen LogP contribution in [-0.4, -0.2) is 61.5 Å². The maximum Gasteiger partial charge on any atom is 0.224 e. The topological polar surface area (TPSA) is 52.8 Å². The minimum absolute atomic E-state index is 0.225. The average molecular weight is 381 g/mol. The summed E-state index contributed by atoms with van der Waals surface area (Å²) >= 11 is 0. The molecule has 1 aliphatic heterocycles. The Morgan fingerprint density at radius 2 is 1.57 bits per heavy atom. The molecule has 1 amide bonds. The molecule has 1 heterocycles. The van der Waals surface area contributed by atoms with Crippen LogP contribution in [0.5, 0.6) is 0 Å². The van der Waals surface area contributed by atoms with Crippen molar-refractivity contribution in [2.24, 2.45) is 5.73 Å². The highest BCUT2D eigenvalue weighted by molar-refractivity contribution is 5.76. The van der Waals surface area contributed by atoms with Gasteiger partial charge in [0, 0.05) is 57.9 Å². The van der Waals surface area contributed by atoms with Gasteiger partial charge in [-0.05, 0) is 30.7 Å². The fourth-order valence-electron chi connectivity index (χ4n) is 3.66. The van der Waals surface area contributed by atoms with Crippen LogP contribution in [0.3, 0.4) is 0 Å². The molecular weight excluding hydrogens is 348 g/mol. The van der Waals surface area contributed by atoms with Gasteiger partial charge in [0.1, 0.15) is 0 Å². The average Bonchev–Trinajstić information content (AvgIpc) is 2.76. The first-order valence-corrected chi connectivity index (χ1v) is 10.3. The first-order chi connectivity index (χ1) is 13.8. The number of hydrogen-bond donors (Lipinski definition) is 1. The van der Waals surface area contributed by atoms with Crippen LogP contribution in [-0.2, 0) is 11.3 Å². The Hall–Kier alpha value is -2.37. The molecule has 1 fully saturated rings. The molecule has 2 N–H and O–H groups in total. The number of anilines is 1. The van der Waals surface area contributed by atoms with Gasteiger partial charge in [0.25, 0.3) is 0 Å². The van der Waals surface area contributed by atoms with Crippen molar-refractivity contribution in [1.82, 2.24) is 9.80 Å². The highest BCUT2D eigenvalue weighted by atomic mass is 16.2. The Morgan fingerprint density at radius 3 is 2.21 bits per heavy atom. The Balaban J connectivity index is 1.46. The first kappa shape index (κ1) is 20.4. The van der Waals surface area contributed by atoms with E-state index >= 15 is 0 Å². The summed E-state index contributed by atoms with van der Waals surface area (Å²) < 4.78 is 0. The highest BCUT2D eigenvalue weighted by Crippen LogP contribution is 2.16. The van der Waals surface area contributed by atoms with E-state index in [-0.39, 0.29) is 5.91 Å². The molecule has 5 heteroatoms. The standard InChI is InChI=1S/C23H32N4O/c24-13-7-14-27(20-21-8-3-1-4-9-21)23(28)12-15-25-16-18-26(19-17-25)22-10-5-2-6-11-22/h1-6,8-11H,7,12-20,24H2. The maximum absolute atomic E-state index is 12.8.